The summed E-state index contributed by atoms with van der Waals surface area (Å²) in [5.74, 6) is -1.54. The zero-order valence-corrected chi connectivity index (χ0v) is 12.2. The van der Waals surface area contributed by atoms with Crippen LogP contribution < -0.4 is 10.5 Å². The van der Waals surface area contributed by atoms with Crippen LogP contribution in [0.15, 0.2) is 45.6 Å². The number of alkyl halides is 3. The van der Waals surface area contributed by atoms with Crippen LogP contribution in [0.5, 0.6) is 5.75 Å². The SMILES string of the molecule is [2H]C([2H])(C)C([2H])([2H])n1c(=O)oc2ccc(-c3ccc(OC(F)(F)F)cc3)nc21. The van der Waals surface area contributed by atoms with E-state index in [0.29, 0.717) is 10.1 Å². The number of aromatic nitrogens is 2. The Kier molecular flexibility index (Phi) is 2.94. The van der Waals surface area contributed by atoms with E-state index in [0.717, 1.165) is 19.1 Å². The number of halogens is 3. The van der Waals surface area contributed by atoms with E-state index in [4.69, 9.17) is 9.90 Å². The first kappa shape index (κ1) is 11.7. The standard InChI is InChI=1S/C16H13F3N2O3/c1-2-9-21-14-13(23-15(21)22)8-7-12(20-14)10-3-5-11(6-4-10)24-16(17,18)19/h3-8H,2,9H2,1H3/i2D2,9D2. The minimum atomic E-state index is -4.82. The molecule has 0 aliphatic heterocycles. The largest absolute Gasteiger partial charge is 0.573 e. The summed E-state index contributed by atoms with van der Waals surface area (Å²) in [6.07, 6.45) is -7.25. The summed E-state index contributed by atoms with van der Waals surface area (Å²) in [6.45, 7) is -1.78. The average molecular weight is 342 g/mol. The molecule has 0 aliphatic carbocycles. The van der Waals surface area contributed by atoms with Gasteiger partial charge in [-0.1, -0.05) is 6.92 Å². The second-order valence-electron chi connectivity index (χ2n) is 4.66. The van der Waals surface area contributed by atoms with Crippen molar-refractivity contribution in [2.24, 2.45) is 0 Å². The van der Waals surface area contributed by atoms with Crippen LogP contribution >= 0.6 is 0 Å². The summed E-state index contributed by atoms with van der Waals surface area (Å²) in [4.78, 5) is 16.2. The lowest BCUT2D eigenvalue weighted by Gasteiger charge is -2.09. The van der Waals surface area contributed by atoms with E-state index in [1.165, 1.54) is 24.3 Å². The van der Waals surface area contributed by atoms with Gasteiger partial charge in [0.2, 0.25) is 0 Å². The van der Waals surface area contributed by atoms with Gasteiger partial charge in [-0.3, -0.25) is 4.57 Å². The van der Waals surface area contributed by atoms with Crippen LogP contribution in [0.1, 0.15) is 18.8 Å². The third-order valence-corrected chi connectivity index (χ3v) is 3.04. The fraction of sp³-hybridized carbons (Fsp3) is 0.250. The molecule has 0 radical (unpaired) electrons. The number of hydrogen-bond donors (Lipinski definition) is 0. The summed E-state index contributed by atoms with van der Waals surface area (Å²) < 4.78 is 77.2. The minimum Gasteiger partial charge on any atom is -0.406 e. The van der Waals surface area contributed by atoms with Gasteiger partial charge < -0.3 is 9.15 Å². The molecule has 126 valence electrons. The highest BCUT2D eigenvalue weighted by atomic mass is 19.4. The van der Waals surface area contributed by atoms with Crippen molar-refractivity contribution in [3.63, 3.8) is 0 Å². The average Bonchev–Trinajstić information content (AvgIpc) is 2.88. The van der Waals surface area contributed by atoms with Gasteiger partial charge in [0, 0.05) is 14.8 Å². The molecule has 1 aromatic carbocycles. The molecule has 0 N–H and O–H groups in total. The number of aryl methyl sites for hydroxylation is 1. The number of benzene rings is 1. The molecule has 2 heterocycles. The quantitative estimate of drug-likeness (QED) is 0.720. The maximum absolute atomic E-state index is 12.3. The van der Waals surface area contributed by atoms with E-state index >= 15 is 0 Å². The van der Waals surface area contributed by atoms with Crippen LogP contribution in [-0.4, -0.2) is 15.9 Å². The number of ether oxygens (including phenoxy) is 1. The lowest BCUT2D eigenvalue weighted by Crippen LogP contribution is -2.16. The van der Waals surface area contributed by atoms with E-state index in [1.54, 1.807) is 0 Å². The number of pyridine rings is 1. The Morgan fingerprint density at radius 2 is 1.96 bits per heavy atom. The van der Waals surface area contributed by atoms with Gasteiger partial charge in [-0.2, -0.15) is 0 Å². The summed E-state index contributed by atoms with van der Waals surface area (Å²) in [6, 6.07) is 7.57. The fourth-order valence-electron chi connectivity index (χ4n) is 2.10. The molecule has 0 spiro atoms. The third kappa shape index (κ3) is 3.27. The van der Waals surface area contributed by atoms with Gasteiger partial charge >= 0.3 is 12.1 Å². The summed E-state index contributed by atoms with van der Waals surface area (Å²) in [7, 11) is 0. The first-order valence-corrected chi connectivity index (χ1v) is 6.69. The van der Waals surface area contributed by atoms with Crippen molar-refractivity contribution in [2.75, 3.05) is 0 Å². The van der Waals surface area contributed by atoms with Crippen molar-refractivity contribution >= 4 is 11.2 Å². The van der Waals surface area contributed by atoms with Crippen molar-refractivity contribution in [1.29, 1.82) is 0 Å². The zero-order chi connectivity index (χ0) is 20.9. The van der Waals surface area contributed by atoms with Crippen molar-refractivity contribution < 1.29 is 27.8 Å². The molecule has 0 atom stereocenters. The number of oxazole rings is 1. The van der Waals surface area contributed by atoms with Crippen molar-refractivity contribution in [1.82, 2.24) is 9.55 Å². The first-order chi connectivity index (χ1) is 12.8. The molecule has 0 aliphatic rings. The maximum Gasteiger partial charge on any atom is 0.573 e. The van der Waals surface area contributed by atoms with Gasteiger partial charge in [0.1, 0.15) is 5.75 Å². The second kappa shape index (κ2) is 6.03. The lowest BCUT2D eigenvalue weighted by atomic mass is 10.1. The van der Waals surface area contributed by atoms with Crippen LogP contribution in [0.25, 0.3) is 22.5 Å². The summed E-state index contributed by atoms with van der Waals surface area (Å²) >= 11 is 0. The monoisotopic (exact) mass is 342 g/mol. The number of fused-ring (bicyclic) bond motifs is 1. The van der Waals surface area contributed by atoms with Crippen molar-refractivity contribution in [3.8, 4) is 17.0 Å². The van der Waals surface area contributed by atoms with Crippen molar-refractivity contribution in [2.45, 2.75) is 26.2 Å². The number of hydrogen-bond acceptors (Lipinski definition) is 4. The molecular formula is C16H13F3N2O3. The Labute approximate surface area is 139 Å². The number of nitrogens with zero attached hydrogens (tertiary/aromatic N) is 2. The molecule has 3 rings (SSSR count). The highest BCUT2D eigenvalue weighted by Gasteiger charge is 2.31. The molecule has 8 heteroatoms. The molecule has 24 heavy (non-hydrogen) atoms. The van der Waals surface area contributed by atoms with Gasteiger partial charge in [-0.05, 0) is 42.8 Å². The van der Waals surface area contributed by atoms with Gasteiger partial charge in [-0.15, -0.1) is 13.2 Å². The Balaban J connectivity index is 2.08. The highest BCUT2D eigenvalue weighted by Crippen LogP contribution is 2.26. The van der Waals surface area contributed by atoms with Crippen LogP contribution in [0.4, 0.5) is 13.2 Å². The molecule has 3 aromatic rings. The zero-order valence-electron chi connectivity index (χ0n) is 16.2. The third-order valence-electron chi connectivity index (χ3n) is 3.04. The molecule has 0 bridgehead atoms. The summed E-state index contributed by atoms with van der Waals surface area (Å²) in [5.41, 5.74) is 0.303. The second-order valence-corrected chi connectivity index (χ2v) is 4.66. The smallest absolute Gasteiger partial charge is 0.406 e. The molecule has 0 amide bonds. The van der Waals surface area contributed by atoms with Crippen LogP contribution in [0.3, 0.4) is 0 Å². The van der Waals surface area contributed by atoms with E-state index in [2.05, 4.69) is 9.72 Å². The predicted octanol–water partition coefficient (Wildman–Crippen LogP) is 3.97. The van der Waals surface area contributed by atoms with Gasteiger partial charge in [-0.25, -0.2) is 9.78 Å². The van der Waals surface area contributed by atoms with E-state index in [9.17, 15) is 18.0 Å². The Hall–Kier alpha value is -2.77. The van der Waals surface area contributed by atoms with E-state index in [-0.39, 0.29) is 16.9 Å². The van der Waals surface area contributed by atoms with Crippen LogP contribution in [0.2, 0.25) is 0 Å². The van der Waals surface area contributed by atoms with Gasteiger partial charge in [0.25, 0.3) is 0 Å². The topological polar surface area (TPSA) is 57.3 Å². The normalized spacial score (nSPS) is 15.5. The Morgan fingerprint density at radius 3 is 2.58 bits per heavy atom. The molecule has 5 nitrogen and oxygen atoms in total. The van der Waals surface area contributed by atoms with Gasteiger partial charge in [0.05, 0.1) is 8.44 Å². The molecular weight excluding hydrogens is 325 g/mol. The van der Waals surface area contributed by atoms with E-state index in [1.807, 2.05) is 0 Å². The molecule has 0 fully saturated rings. The van der Waals surface area contributed by atoms with Gasteiger partial charge in [0.15, 0.2) is 11.2 Å². The Bertz CT molecular complexity index is 1070. The van der Waals surface area contributed by atoms with Crippen LogP contribution in [0, 0.1) is 0 Å². The minimum absolute atomic E-state index is 0.0566. The Morgan fingerprint density at radius 1 is 1.25 bits per heavy atom. The van der Waals surface area contributed by atoms with E-state index < -0.39 is 30.7 Å². The predicted molar refractivity (Wildman–Crippen MR) is 80.7 cm³/mol. The molecule has 0 saturated heterocycles. The molecule has 0 saturated carbocycles. The highest BCUT2D eigenvalue weighted by molar-refractivity contribution is 5.73. The molecule has 2 aromatic heterocycles. The molecule has 0 unspecified atom stereocenters. The van der Waals surface area contributed by atoms with Crippen LogP contribution in [-0.2, 0) is 6.50 Å². The van der Waals surface area contributed by atoms with Crippen molar-refractivity contribution in [3.05, 3.63) is 46.9 Å². The number of rotatable bonds is 4. The first-order valence-electron chi connectivity index (χ1n) is 8.69. The maximum atomic E-state index is 12.3. The summed E-state index contributed by atoms with van der Waals surface area (Å²) in [5, 5.41) is 0. The fourth-order valence-corrected chi connectivity index (χ4v) is 2.10. The lowest BCUT2D eigenvalue weighted by molar-refractivity contribution is -0.274.